The smallest absolute Gasteiger partial charge is 0.311 e. The van der Waals surface area contributed by atoms with Crippen molar-refractivity contribution in [1.29, 1.82) is 0 Å². The molecule has 32 heavy (non-hydrogen) atoms. The number of esters is 1. The van der Waals surface area contributed by atoms with E-state index in [9.17, 15) is 22.0 Å². The molecule has 2 aromatic carbocycles. The van der Waals surface area contributed by atoms with Crippen molar-refractivity contribution in [3.05, 3.63) is 65.9 Å². The first-order chi connectivity index (χ1) is 15.1. The highest BCUT2D eigenvalue weighted by molar-refractivity contribution is 7.90. The maximum absolute atomic E-state index is 14.0. The third-order valence-electron chi connectivity index (χ3n) is 5.15. The zero-order chi connectivity index (χ0) is 23.5. The molecule has 0 radical (unpaired) electrons. The highest BCUT2D eigenvalue weighted by Crippen LogP contribution is 2.35. The molecule has 0 N–H and O–H groups in total. The molecule has 0 bridgehead atoms. The Labute approximate surface area is 186 Å². The maximum atomic E-state index is 14.0. The van der Waals surface area contributed by atoms with Crippen LogP contribution < -0.4 is 4.74 Å². The monoisotopic (exact) mass is 461 g/mol. The van der Waals surface area contributed by atoms with E-state index in [0.717, 1.165) is 37.7 Å². The summed E-state index contributed by atoms with van der Waals surface area (Å²) < 4.78 is 58.3. The van der Waals surface area contributed by atoms with Crippen molar-refractivity contribution >= 4 is 15.8 Å². The van der Waals surface area contributed by atoms with Crippen LogP contribution >= 0.6 is 0 Å². The van der Waals surface area contributed by atoms with Crippen LogP contribution in [0.5, 0.6) is 5.75 Å². The summed E-state index contributed by atoms with van der Waals surface area (Å²) in [7, 11) is -3.37. The molecule has 0 fully saturated rings. The standard InChI is InChI=1S/C24H25F2NO4S/c1-4-5-6-7-24(28)31-23-15-22(17-8-11-19(12-9-17)32(3,29)30)27(16(23)2)18-10-13-20(25)21(26)14-18/h8-15H,4-7H2,1-3H3. The largest absolute Gasteiger partial charge is 0.425 e. The molecule has 8 heteroatoms. The average molecular weight is 462 g/mol. The van der Waals surface area contributed by atoms with Gasteiger partial charge in [-0.05, 0) is 43.2 Å². The van der Waals surface area contributed by atoms with Crippen molar-refractivity contribution in [1.82, 2.24) is 4.57 Å². The quantitative estimate of drug-likeness (QED) is 0.323. The first-order valence-corrected chi connectivity index (χ1v) is 12.2. The number of benzene rings is 2. The van der Waals surface area contributed by atoms with Gasteiger partial charge in [0.1, 0.15) is 0 Å². The number of aromatic nitrogens is 1. The minimum atomic E-state index is -3.37. The minimum Gasteiger partial charge on any atom is -0.425 e. The Morgan fingerprint density at radius 1 is 1.00 bits per heavy atom. The van der Waals surface area contributed by atoms with E-state index < -0.39 is 21.5 Å². The third-order valence-corrected chi connectivity index (χ3v) is 6.28. The van der Waals surface area contributed by atoms with Gasteiger partial charge < -0.3 is 9.30 Å². The van der Waals surface area contributed by atoms with E-state index >= 15 is 0 Å². The predicted molar refractivity (Wildman–Crippen MR) is 119 cm³/mol. The number of ether oxygens (including phenoxy) is 1. The number of hydrogen-bond acceptors (Lipinski definition) is 4. The number of rotatable bonds is 8. The molecule has 0 unspecified atom stereocenters. The van der Waals surface area contributed by atoms with Gasteiger partial charge in [0.05, 0.1) is 16.3 Å². The van der Waals surface area contributed by atoms with Crippen LogP contribution in [0.4, 0.5) is 8.78 Å². The lowest BCUT2D eigenvalue weighted by Crippen LogP contribution is -2.08. The lowest BCUT2D eigenvalue weighted by Gasteiger charge is -2.13. The molecule has 0 spiro atoms. The first kappa shape index (κ1) is 23.7. The molecule has 0 aliphatic heterocycles. The Balaban J connectivity index is 2.08. The molecule has 0 saturated carbocycles. The van der Waals surface area contributed by atoms with Crippen LogP contribution in [0.25, 0.3) is 16.9 Å². The van der Waals surface area contributed by atoms with Crippen LogP contribution in [-0.4, -0.2) is 25.2 Å². The van der Waals surface area contributed by atoms with Gasteiger partial charge in [-0.2, -0.15) is 0 Å². The third kappa shape index (κ3) is 5.24. The SMILES string of the molecule is CCCCCC(=O)Oc1cc(-c2ccc(S(C)(=O)=O)cc2)n(-c2ccc(F)c(F)c2)c1C. The molecule has 3 rings (SSSR count). The number of carbonyl (C=O) groups is 1. The van der Waals surface area contributed by atoms with Gasteiger partial charge in [-0.15, -0.1) is 0 Å². The van der Waals surface area contributed by atoms with Gasteiger partial charge in [0.15, 0.2) is 27.2 Å². The molecule has 0 atom stereocenters. The van der Waals surface area contributed by atoms with Crippen LogP contribution in [0, 0.1) is 18.6 Å². The zero-order valence-electron chi connectivity index (χ0n) is 18.2. The number of unbranched alkanes of at least 4 members (excludes halogenated alkanes) is 2. The van der Waals surface area contributed by atoms with E-state index in [1.165, 1.54) is 18.2 Å². The van der Waals surface area contributed by atoms with Gasteiger partial charge in [-0.1, -0.05) is 31.9 Å². The van der Waals surface area contributed by atoms with Crippen molar-refractivity contribution in [3.8, 4) is 22.7 Å². The zero-order valence-corrected chi connectivity index (χ0v) is 19.0. The molecule has 0 aliphatic carbocycles. The summed E-state index contributed by atoms with van der Waals surface area (Å²) >= 11 is 0. The van der Waals surface area contributed by atoms with E-state index in [0.29, 0.717) is 28.4 Å². The van der Waals surface area contributed by atoms with E-state index in [1.807, 2.05) is 6.92 Å². The molecule has 5 nitrogen and oxygen atoms in total. The topological polar surface area (TPSA) is 65.4 Å². The number of sulfone groups is 1. The fourth-order valence-electron chi connectivity index (χ4n) is 3.42. The Hall–Kier alpha value is -3.00. The second-order valence-electron chi connectivity index (χ2n) is 7.64. The normalized spacial score (nSPS) is 11.5. The van der Waals surface area contributed by atoms with Crippen LogP contribution in [0.15, 0.2) is 53.4 Å². The van der Waals surface area contributed by atoms with Crippen molar-refractivity contribution in [2.45, 2.75) is 44.4 Å². The van der Waals surface area contributed by atoms with Gasteiger partial charge in [0.2, 0.25) is 0 Å². The van der Waals surface area contributed by atoms with Crippen molar-refractivity contribution < 1.29 is 26.7 Å². The lowest BCUT2D eigenvalue weighted by molar-refractivity contribution is -0.134. The maximum Gasteiger partial charge on any atom is 0.311 e. The molecule has 3 aromatic rings. The Kier molecular flexibility index (Phi) is 7.13. The summed E-state index contributed by atoms with van der Waals surface area (Å²) in [5, 5.41) is 0. The Morgan fingerprint density at radius 3 is 2.28 bits per heavy atom. The van der Waals surface area contributed by atoms with Crippen LogP contribution in [0.1, 0.15) is 38.3 Å². The number of carbonyl (C=O) groups excluding carboxylic acids is 1. The molecule has 1 heterocycles. The van der Waals surface area contributed by atoms with E-state index in [2.05, 4.69) is 0 Å². The summed E-state index contributed by atoms with van der Waals surface area (Å²) in [5.74, 6) is -2.05. The Bertz CT molecular complexity index is 1230. The first-order valence-electron chi connectivity index (χ1n) is 10.3. The summed E-state index contributed by atoms with van der Waals surface area (Å²) in [4.78, 5) is 12.4. The summed E-state index contributed by atoms with van der Waals surface area (Å²) in [5.41, 5.74) is 2.04. The van der Waals surface area contributed by atoms with Crippen molar-refractivity contribution in [3.63, 3.8) is 0 Å². The number of halogens is 2. The second-order valence-corrected chi connectivity index (χ2v) is 9.66. The van der Waals surface area contributed by atoms with Crippen molar-refractivity contribution in [2.75, 3.05) is 6.26 Å². The highest BCUT2D eigenvalue weighted by Gasteiger charge is 2.20. The lowest BCUT2D eigenvalue weighted by atomic mass is 10.1. The molecular formula is C24H25F2NO4S. The summed E-state index contributed by atoms with van der Waals surface area (Å²) in [6.07, 6.45) is 4.01. The molecule has 170 valence electrons. The Morgan fingerprint density at radius 2 is 1.69 bits per heavy atom. The minimum absolute atomic E-state index is 0.159. The number of nitrogens with zero attached hydrogens (tertiary/aromatic N) is 1. The van der Waals surface area contributed by atoms with Crippen LogP contribution in [0.3, 0.4) is 0 Å². The van der Waals surface area contributed by atoms with Crippen LogP contribution in [0.2, 0.25) is 0 Å². The fourth-order valence-corrected chi connectivity index (χ4v) is 4.05. The summed E-state index contributed by atoms with van der Waals surface area (Å²) in [6.45, 7) is 3.75. The molecule has 0 amide bonds. The van der Waals surface area contributed by atoms with Crippen LogP contribution in [-0.2, 0) is 14.6 Å². The van der Waals surface area contributed by atoms with E-state index in [1.54, 1.807) is 29.7 Å². The second kappa shape index (κ2) is 9.65. The highest BCUT2D eigenvalue weighted by atomic mass is 32.2. The molecule has 0 saturated heterocycles. The van der Waals surface area contributed by atoms with Gasteiger partial charge in [0.25, 0.3) is 0 Å². The predicted octanol–water partition coefficient (Wildman–Crippen LogP) is 5.62. The van der Waals surface area contributed by atoms with E-state index in [-0.39, 0.29) is 17.3 Å². The van der Waals surface area contributed by atoms with Gasteiger partial charge in [-0.3, -0.25) is 4.79 Å². The molecule has 1 aromatic heterocycles. The van der Waals surface area contributed by atoms with Crippen molar-refractivity contribution in [2.24, 2.45) is 0 Å². The molecule has 0 aliphatic rings. The van der Waals surface area contributed by atoms with Gasteiger partial charge in [-0.25, -0.2) is 17.2 Å². The van der Waals surface area contributed by atoms with Gasteiger partial charge in [0, 0.05) is 30.5 Å². The molecular weight excluding hydrogens is 436 g/mol. The summed E-state index contributed by atoms with van der Waals surface area (Å²) in [6, 6.07) is 11.3. The van der Waals surface area contributed by atoms with E-state index in [4.69, 9.17) is 4.74 Å². The fraction of sp³-hybridized carbons (Fsp3) is 0.292. The average Bonchev–Trinajstić information content (AvgIpc) is 3.06. The van der Waals surface area contributed by atoms with Gasteiger partial charge >= 0.3 is 5.97 Å². The number of hydrogen-bond donors (Lipinski definition) is 0.